The zero-order chi connectivity index (χ0) is 16.2. The zero-order valence-electron chi connectivity index (χ0n) is 14.7. The maximum atomic E-state index is 12.1. The normalized spacial score (nSPS) is 14.2. The maximum Gasteiger partial charge on any atom is 0.298 e. The highest BCUT2D eigenvalue weighted by molar-refractivity contribution is 5.85. The van der Waals surface area contributed by atoms with Crippen molar-refractivity contribution in [3.8, 4) is 0 Å². The van der Waals surface area contributed by atoms with E-state index in [1.165, 1.54) is 5.56 Å². The van der Waals surface area contributed by atoms with Gasteiger partial charge in [0.2, 0.25) is 5.91 Å². The summed E-state index contributed by atoms with van der Waals surface area (Å²) in [6.45, 7) is 5.93. The number of carbonyl (C=O) groups excluding carboxylic acids is 1. The highest BCUT2D eigenvalue weighted by Gasteiger charge is 2.23. The molecule has 1 aliphatic rings. The number of aromatic nitrogens is 1. The number of aryl methyl sites for hydroxylation is 1. The lowest BCUT2D eigenvalue weighted by atomic mass is 10.2. The van der Waals surface area contributed by atoms with Gasteiger partial charge in [0.1, 0.15) is 5.52 Å². The molecule has 0 aliphatic carbocycles. The fourth-order valence-electron chi connectivity index (χ4n) is 2.88. The first kappa shape index (κ1) is 21.5. The van der Waals surface area contributed by atoms with E-state index in [1.54, 1.807) is 0 Å². The minimum Gasteiger partial charge on any atom is -0.423 e. The number of amides is 1. The number of hydrogen-bond donors (Lipinski definition) is 1. The first-order valence-corrected chi connectivity index (χ1v) is 8.22. The van der Waals surface area contributed by atoms with Gasteiger partial charge < -0.3 is 19.5 Å². The van der Waals surface area contributed by atoms with Crippen molar-refractivity contribution < 1.29 is 9.21 Å². The number of piperazine rings is 1. The van der Waals surface area contributed by atoms with E-state index in [9.17, 15) is 4.79 Å². The van der Waals surface area contributed by atoms with Crippen LogP contribution in [0.25, 0.3) is 11.1 Å². The van der Waals surface area contributed by atoms with Gasteiger partial charge in [-0.05, 0) is 44.6 Å². The van der Waals surface area contributed by atoms with Crippen LogP contribution >= 0.6 is 24.8 Å². The summed E-state index contributed by atoms with van der Waals surface area (Å²) in [6, 6.07) is 6.68. The van der Waals surface area contributed by atoms with Crippen molar-refractivity contribution in [3.05, 3.63) is 23.8 Å². The minimum absolute atomic E-state index is 0. The Bertz CT molecular complexity index is 684. The molecule has 2 heterocycles. The Kier molecular flexibility index (Phi) is 8.48. The van der Waals surface area contributed by atoms with Crippen LogP contribution in [-0.2, 0) is 4.79 Å². The third kappa shape index (κ3) is 5.23. The molecule has 25 heavy (non-hydrogen) atoms. The minimum atomic E-state index is 0. The Morgan fingerprint density at radius 3 is 2.64 bits per heavy atom. The molecule has 3 rings (SSSR count). The summed E-state index contributed by atoms with van der Waals surface area (Å²) < 4.78 is 5.84. The topological polar surface area (TPSA) is 61.6 Å². The predicted molar refractivity (Wildman–Crippen MR) is 105 cm³/mol. The number of fused-ring (bicyclic) bond motifs is 1. The van der Waals surface area contributed by atoms with Crippen LogP contribution in [0.2, 0.25) is 0 Å². The molecule has 0 spiro atoms. The Morgan fingerprint density at radius 1 is 1.24 bits per heavy atom. The van der Waals surface area contributed by atoms with Crippen LogP contribution in [0.4, 0.5) is 6.01 Å². The monoisotopic (exact) mass is 388 g/mol. The highest BCUT2D eigenvalue weighted by Crippen LogP contribution is 2.23. The Hall–Kier alpha value is -1.50. The van der Waals surface area contributed by atoms with Crippen molar-refractivity contribution in [2.45, 2.75) is 19.8 Å². The second kappa shape index (κ2) is 9.85. The average molecular weight is 389 g/mol. The molecular weight excluding hydrogens is 363 g/mol. The molecule has 0 saturated carbocycles. The third-order valence-electron chi connectivity index (χ3n) is 4.25. The average Bonchev–Trinajstić information content (AvgIpc) is 2.98. The standard InChI is InChI=1S/C17H24N4O2.2ClH/c1-13-5-6-15-14(12-13)19-17(23-15)21-10-8-20(9-11-21)16(22)4-3-7-18-2;;/h5-6,12,18H,3-4,7-11H2,1-2H3;2*1H. The molecular formula is C17H26Cl2N4O2. The summed E-state index contributed by atoms with van der Waals surface area (Å²) in [5, 5.41) is 3.07. The molecule has 2 aromatic rings. The lowest BCUT2D eigenvalue weighted by Crippen LogP contribution is -2.49. The molecule has 140 valence electrons. The summed E-state index contributed by atoms with van der Waals surface area (Å²) in [4.78, 5) is 20.8. The molecule has 1 aromatic carbocycles. The quantitative estimate of drug-likeness (QED) is 0.797. The van der Waals surface area contributed by atoms with Gasteiger partial charge in [0.25, 0.3) is 6.01 Å². The molecule has 1 amide bonds. The van der Waals surface area contributed by atoms with E-state index in [0.29, 0.717) is 12.4 Å². The molecule has 1 aromatic heterocycles. The molecule has 1 aliphatic heterocycles. The summed E-state index contributed by atoms with van der Waals surface area (Å²) in [5.41, 5.74) is 2.89. The van der Waals surface area contributed by atoms with E-state index in [1.807, 2.05) is 37.1 Å². The molecule has 6 nitrogen and oxygen atoms in total. The number of oxazole rings is 1. The van der Waals surface area contributed by atoms with Crippen LogP contribution in [0.1, 0.15) is 18.4 Å². The van der Waals surface area contributed by atoms with Crippen molar-refractivity contribution in [2.75, 3.05) is 44.7 Å². The van der Waals surface area contributed by atoms with Gasteiger partial charge in [-0.15, -0.1) is 24.8 Å². The zero-order valence-corrected chi connectivity index (χ0v) is 16.3. The molecule has 1 fully saturated rings. The number of halogens is 2. The van der Waals surface area contributed by atoms with Gasteiger partial charge in [-0.3, -0.25) is 4.79 Å². The summed E-state index contributed by atoms with van der Waals surface area (Å²) >= 11 is 0. The fourth-order valence-corrected chi connectivity index (χ4v) is 2.88. The van der Waals surface area contributed by atoms with Gasteiger partial charge in [0.15, 0.2) is 5.58 Å². The Balaban J connectivity index is 0.00000156. The second-order valence-corrected chi connectivity index (χ2v) is 6.04. The number of hydrogen-bond acceptors (Lipinski definition) is 5. The van der Waals surface area contributed by atoms with E-state index in [-0.39, 0.29) is 30.7 Å². The van der Waals surface area contributed by atoms with Crippen LogP contribution in [-0.4, -0.2) is 55.6 Å². The molecule has 0 unspecified atom stereocenters. The maximum absolute atomic E-state index is 12.1. The highest BCUT2D eigenvalue weighted by atomic mass is 35.5. The number of nitrogens with one attached hydrogen (secondary N) is 1. The molecule has 0 radical (unpaired) electrons. The first-order valence-electron chi connectivity index (χ1n) is 8.22. The molecule has 8 heteroatoms. The van der Waals surface area contributed by atoms with Gasteiger partial charge in [0, 0.05) is 32.6 Å². The molecule has 1 saturated heterocycles. The predicted octanol–water partition coefficient (Wildman–Crippen LogP) is 2.63. The SMILES string of the molecule is CNCCCC(=O)N1CCN(c2nc3cc(C)ccc3o2)CC1.Cl.Cl. The van der Waals surface area contributed by atoms with Gasteiger partial charge in [-0.2, -0.15) is 4.98 Å². The van der Waals surface area contributed by atoms with Crippen LogP contribution in [0.5, 0.6) is 0 Å². The van der Waals surface area contributed by atoms with Crippen molar-refractivity contribution in [2.24, 2.45) is 0 Å². The van der Waals surface area contributed by atoms with Gasteiger partial charge in [0.05, 0.1) is 0 Å². The lowest BCUT2D eigenvalue weighted by molar-refractivity contribution is -0.131. The van der Waals surface area contributed by atoms with Crippen molar-refractivity contribution >= 4 is 47.8 Å². The second-order valence-electron chi connectivity index (χ2n) is 6.04. The summed E-state index contributed by atoms with van der Waals surface area (Å²) in [5.74, 6) is 0.244. The number of nitrogens with zero attached hydrogens (tertiary/aromatic N) is 3. The third-order valence-corrected chi connectivity index (χ3v) is 4.25. The number of carbonyl (C=O) groups is 1. The Labute approximate surface area is 160 Å². The number of benzene rings is 1. The fraction of sp³-hybridized carbons (Fsp3) is 0.529. The lowest BCUT2D eigenvalue weighted by Gasteiger charge is -2.33. The molecule has 0 bridgehead atoms. The van der Waals surface area contributed by atoms with Crippen molar-refractivity contribution in [1.82, 2.24) is 15.2 Å². The Morgan fingerprint density at radius 2 is 1.96 bits per heavy atom. The summed E-state index contributed by atoms with van der Waals surface area (Å²) in [7, 11) is 1.91. The number of anilines is 1. The van der Waals surface area contributed by atoms with E-state index >= 15 is 0 Å². The van der Waals surface area contributed by atoms with Gasteiger partial charge in [-0.25, -0.2) is 0 Å². The van der Waals surface area contributed by atoms with Crippen LogP contribution in [0.15, 0.2) is 22.6 Å². The van der Waals surface area contributed by atoms with Crippen molar-refractivity contribution in [1.29, 1.82) is 0 Å². The molecule has 0 atom stereocenters. The largest absolute Gasteiger partial charge is 0.423 e. The van der Waals surface area contributed by atoms with Crippen molar-refractivity contribution in [3.63, 3.8) is 0 Å². The number of rotatable bonds is 5. The van der Waals surface area contributed by atoms with Crippen LogP contribution in [0, 0.1) is 6.92 Å². The smallest absolute Gasteiger partial charge is 0.298 e. The van der Waals surface area contributed by atoms with E-state index in [2.05, 4.69) is 15.2 Å². The van der Waals surface area contributed by atoms with E-state index < -0.39 is 0 Å². The van der Waals surface area contributed by atoms with Crippen LogP contribution in [0.3, 0.4) is 0 Å². The first-order chi connectivity index (χ1) is 11.2. The van der Waals surface area contributed by atoms with E-state index in [0.717, 1.165) is 50.2 Å². The van der Waals surface area contributed by atoms with E-state index in [4.69, 9.17) is 4.42 Å². The summed E-state index contributed by atoms with van der Waals surface area (Å²) in [6.07, 6.45) is 1.50. The van der Waals surface area contributed by atoms with Gasteiger partial charge in [-0.1, -0.05) is 6.07 Å². The molecule has 1 N–H and O–H groups in total. The van der Waals surface area contributed by atoms with Gasteiger partial charge >= 0.3 is 0 Å². The van der Waals surface area contributed by atoms with Crippen LogP contribution < -0.4 is 10.2 Å².